The lowest BCUT2D eigenvalue weighted by molar-refractivity contribution is -0.384. The van der Waals surface area contributed by atoms with E-state index in [1.165, 1.54) is 23.9 Å². The molecule has 28 heavy (non-hydrogen) atoms. The molecule has 3 rings (SSSR count). The number of halogens is 1. The predicted molar refractivity (Wildman–Crippen MR) is 111 cm³/mol. The van der Waals surface area contributed by atoms with Gasteiger partial charge in [0.05, 0.1) is 16.4 Å². The maximum absolute atomic E-state index is 12.2. The molecule has 0 saturated heterocycles. The highest BCUT2D eigenvalue weighted by Crippen LogP contribution is 2.26. The van der Waals surface area contributed by atoms with Crippen LogP contribution in [0, 0.1) is 17.0 Å². The number of aromatic nitrogens is 3. The molecule has 0 aliphatic carbocycles. The number of hydrogen-bond acceptors (Lipinski definition) is 6. The van der Waals surface area contributed by atoms with E-state index in [0.717, 1.165) is 10.0 Å². The minimum atomic E-state index is -0.452. The number of non-ortho nitro benzene ring substituents is 1. The summed E-state index contributed by atoms with van der Waals surface area (Å²) in [6.45, 7) is 1.98. The number of nitro groups is 1. The zero-order chi connectivity index (χ0) is 20.3. The highest BCUT2D eigenvalue weighted by Gasteiger charge is 2.14. The topological polar surface area (TPSA) is 103 Å². The lowest BCUT2D eigenvalue weighted by Crippen LogP contribution is -2.14. The number of rotatable bonds is 6. The van der Waals surface area contributed by atoms with Crippen LogP contribution in [0.4, 0.5) is 11.4 Å². The molecule has 8 nitrogen and oxygen atoms in total. The van der Waals surface area contributed by atoms with Gasteiger partial charge in [-0.15, -0.1) is 10.2 Å². The van der Waals surface area contributed by atoms with Crippen LogP contribution >= 0.6 is 27.7 Å². The van der Waals surface area contributed by atoms with Crippen molar-refractivity contribution < 1.29 is 9.72 Å². The molecule has 0 spiro atoms. The molecule has 144 valence electrons. The third-order valence-corrected chi connectivity index (χ3v) is 5.58. The molecule has 0 unspecified atom stereocenters. The lowest BCUT2D eigenvalue weighted by Gasteiger charge is -2.08. The van der Waals surface area contributed by atoms with E-state index in [9.17, 15) is 14.9 Å². The second kappa shape index (κ2) is 8.53. The van der Waals surface area contributed by atoms with Crippen LogP contribution in [0.2, 0.25) is 0 Å². The Morgan fingerprint density at radius 3 is 2.61 bits per heavy atom. The summed E-state index contributed by atoms with van der Waals surface area (Å²) < 4.78 is 2.57. The monoisotopic (exact) mass is 461 g/mol. The summed E-state index contributed by atoms with van der Waals surface area (Å²) in [5.74, 6) is 0.584. The summed E-state index contributed by atoms with van der Waals surface area (Å²) in [5, 5.41) is 22.4. The van der Waals surface area contributed by atoms with Crippen LogP contribution in [0.3, 0.4) is 0 Å². The van der Waals surface area contributed by atoms with Gasteiger partial charge in [-0.3, -0.25) is 14.9 Å². The van der Waals surface area contributed by atoms with Crippen LogP contribution in [-0.4, -0.2) is 31.3 Å². The number of benzene rings is 2. The van der Waals surface area contributed by atoms with E-state index < -0.39 is 4.92 Å². The number of thioether (sulfide) groups is 1. The molecular weight excluding hydrogens is 446 g/mol. The predicted octanol–water partition coefficient (Wildman–Crippen LogP) is 4.19. The summed E-state index contributed by atoms with van der Waals surface area (Å²) in [5.41, 5.74) is 2.53. The Labute approximate surface area is 173 Å². The highest BCUT2D eigenvalue weighted by atomic mass is 79.9. The van der Waals surface area contributed by atoms with E-state index in [2.05, 4.69) is 31.4 Å². The zero-order valence-electron chi connectivity index (χ0n) is 15.0. The lowest BCUT2D eigenvalue weighted by atomic mass is 10.2. The third-order valence-electron chi connectivity index (χ3n) is 3.90. The van der Waals surface area contributed by atoms with Crippen LogP contribution in [0.25, 0.3) is 11.4 Å². The highest BCUT2D eigenvalue weighted by molar-refractivity contribution is 9.10. The fourth-order valence-corrected chi connectivity index (χ4v) is 3.77. The van der Waals surface area contributed by atoms with Gasteiger partial charge in [-0.2, -0.15) is 0 Å². The van der Waals surface area contributed by atoms with Gasteiger partial charge in [0.1, 0.15) is 0 Å². The number of anilines is 1. The quantitative estimate of drug-likeness (QED) is 0.335. The largest absolute Gasteiger partial charge is 0.324 e. The Bertz CT molecular complexity index is 1040. The first-order valence-corrected chi connectivity index (χ1v) is 9.96. The maximum atomic E-state index is 12.2. The van der Waals surface area contributed by atoms with Gasteiger partial charge in [-0.05, 0) is 52.7 Å². The molecule has 0 aliphatic rings. The number of carbonyl (C=O) groups excluding carboxylic acids is 1. The first kappa shape index (κ1) is 20.0. The molecule has 0 saturated carbocycles. The average molecular weight is 462 g/mol. The molecular formula is C18H16BrN5O3S. The normalized spacial score (nSPS) is 10.7. The van der Waals surface area contributed by atoms with Crippen molar-refractivity contribution in [1.82, 2.24) is 14.8 Å². The molecule has 10 heteroatoms. The minimum absolute atomic E-state index is 0.0134. The van der Waals surface area contributed by atoms with Gasteiger partial charge in [-0.25, -0.2) is 0 Å². The van der Waals surface area contributed by atoms with Crippen LogP contribution < -0.4 is 5.32 Å². The second-order valence-electron chi connectivity index (χ2n) is 5.99. The van der Waals surface area contributed by atoms with E-state index in [0.29, 0.717) is 22.2 Å². The number of hydrogen-bond donors (Lipinski definition) is 1. The fourth-order valence-electron chi connectivity index (χ4n) is 2.46. The van der Waals surface area contributed by atoms with Gasteiger partial charge < -0.3 is 9.88 Å². The molecule has 1 amide bonds. The van der Waals surface area contributed by atoms with E-state index in [4.69, 9.17) is 0 Å². The molecule has 1 aromatic heterocycles. The molecule has 0 fully saturated rings. The van der Waals surface area contributed by atoms with E-state index in [1.807, 2.05) is 25.1 Å². The smallest absolute Gasteiger partial charge is 0.269 e. The van der Waals surface area contributed by atoms with Crippen LogP contribution in [0.15, 0.2) is 52.1 Å². The van der Waals surface area contributed by atoms with Gasteiger partial charge in [0.25, 0.3) is 5.69 Å². The van der Waals surface area contributed by atoms with Gasteiger partial charge in [0.2, 0.25) is 5.91 Å². The zero-order valence-corrected chi connectivity index (χ0v) is 17.5. The number of nitrogens with one attached hydrogen (secondary N) is 1. The SMILES string of the molecule is Cc1ccc(NC(=O)CSc2nnc(-c3ccc([N+](=O)[O-])cc3)n2C)c(Br)c1. The van der Waals surface area contributed by atoms with Crippen molar-refractivity contribution in [2.24, 2.45) is 7.05 Å². The summed E-state index contributed by atoms with van der Waals surface area (Å²) >= 11 is 4.70. The Balaban J connectivity index is 1.65. The van der Waals surface area contributed by atoms with Gasteiger partial charge in [0, 0.05) is 29.2 Å². The summed E-state index contributed by atoms with van der Waals surface area (Å²) in [7, 11) is 1.79. The van der Waals surface area contributed by atoms with Crippen molar-refractivity contribution in [3.05, 3.63) is 62.6 Å². The summed E-state index contributed by atoms with van der Waals surface area (Å²) in [4.78, 5) is 22.6. The molecule has 2 aromatic carbocycles. The Hall–Kier alpha value is -2.72. The summed E-state index contributed by atoms with van der Waals surface area (Å²) in [6.07, 6.45) is 0. The molecule has 1 N–H and O–H groups in total. The van der Waals surface area contributed by atoms with Crippen molar-refractivity contribution in [2.75, 3.05) is 11.1 Å². The van der Waals surface area contributed by atoms with E-state index in [1.54, 1.807) is 23.7 Å². The van der Waals surface area contributed by atoms with Crippen molar-refractivity contribution >= 4 is 45.0 Å². The number of amides is 1. The third kappa shape index (κ3) is 4.57. The van der Waals surface area contributed by atoms with E-state index >= 15 is 0 Å². The Morgan fingerprint density at radius 1 is 1.25 bits per heavy atom. The molecule has 0 atom stereocenters. The fraction of sp³-hybridized carbons (Fsp3) is 0.167. The number of nitrogens with zero attached hydrogens (tertiary/aromatic N) is 4. The van der Waals surface area contributed by atoms with Crippen LogP contribution in [-0.2, 0) is 11.8 Å². The van der Waals surface area contributed by atoms with Gasteiger partial charge in [-0.1, -0.05) is 17.8 Å². The number of aryl methyl sites for hydroxylation is 1. The molecule has 0 bridgehead atoms. The standard InChI is InChI=1S/C18H16BrN5O3S/c1-11-3-8-15(14(19)9-11)20-16(25)10-28-18-22-21-17(23(18)2)12-4-6-13(7-5-12)24(26)27/h3-9H,10H2,1-2H3,(H,20,25). The molecule has 1 heterocycles. The van der Waals surface area contributed by atoms with Crippen molar-refractivity contribution in [3.8, 4) is 11.4 Å². The van der Waals surface area contributed by atoms with Crippen molar-refractivity contribution in [1.29, 1.82) is 0 Å². The number of carbonyl (C=O) groups is 1. The van der Waals surface area contributed by atoms with Crippen molar-refractivity contribution in [3.63, 3.8) is 0 Å². The average Bonchev–Trinajstić information content (AvgIpc) is 3.03. The summed E-state index contributed by atoms with van der Waals surface area (Å²) in [6, 6.07) is 11.8. The van der Waals surface area contributed by atoms with Gasteiger partial charge >= 0.3 is 0 Å². The maximum Gasteiger partial charge on any atom is 0.269 e. The van der Waals surface area contributed by atoms with Gasteiger partial charge in [0.15, 0.2) is 11.0 Å². The first-order valence-electron chi connectivity index (χ1n) is 8.18. The second-order valence-corrected chi connectivity index (χ2v) is 7.79. The van der Waals surface area contributed by atoms with Crippen molar-refractivity contribution in [2.45, 2.75) is 12.1 Å². The van der Waals surface area contributed by atoms with Crippen LogP contribution in [0.5, 0.6) is 0 Å². The van der Waals surface area contributed by atoms with Crippen LogP contribution in [0.1, 0.15) is 5.56 Å². The molecule has 0 aliphatic heterocycles. The number of nitro benzene ring substituents is 1. The minimum Gasteiger partial charge on any atom is -0.324 e. The first-order chi connectivity index (χ1) is 13.3. The molecule has 0 radical (unpaired) electrons. The van der Waals surface area contributed by atoms with E-state index in [-0.39, 0.29) is 17.3 Å². The Morgan fingerprint density at radius 2 is 1.96 bits per heavy atom. The Kier molecular flexibility index (Phi) is 6.10. The molecule has 3 aromatic rings.